The molecule has 2 aromatic carbocycles. The van der Waals surface area contributed by atoms with E-state index in [2.05, 4.69) is 0 Å². The molecule has 1 heterocycles. The van der Waals surface area contributed by atoms with E-state index >= 15 is 0 Å². The lowest BCUT2D eigenvalue weighted by Gasteiger charge is -2.20. The van der Waals surface area contributed by atoms with Crippen molar-refractivity contribution < 1.29 is 18.4 Å². The Morgan fingerprint density at radius 2 is 2.00 bits per heavy atom. The monoisotopic (exact) mass is 343 g/mol. The second-order valence-electron chi connectivity index (χ2n) is 6.09. The topological polar surface area (TPSA) is 87.2 Å². The van der Waals surface area contributed by atoms with Crippen molar-refractivity contribution in [1.29, 1.82) is 5.26 Å². The molecule has 2 amide bonds. The van der Waals surface area contributed by atoms with Crippen molar-refractivity contribution in [2.45, 2.75) is 24.8 Å². The zero-order valence-corrected chi connectivity index (χ0v) is 13.2. The highest BCUT2D eigenvalue weighted by atomic mass is 19.3. The summed E-state index contributed by atoms with van der Waals surface area (Å²) >= 11 is 0. The number of carbonyl (C=O) groups excluding carboxylic acids is 2. The number of nitrogens with two attached hydrogens (primary N) is 1. The number of nitriles is 1. The van der Waals surface area contributed by atoms with Crippen LogP contribution in [0.25, 0.3) is 10.8 Å². The molecule has 1 aliphatic rings. The third kappa shape index (κ3) is 3.15. The van der Waals surface area contributed by atoms with Crippen LogP contribution in [0.2, 0.25) is 0 Å². The van der Waals surface area contributed by atoms with Crippen molar-refractivity contribution in [3.05, 3.63) is 47.5 Å². The van der Waals surface area contributed by atoms with E-state index in [1.54, 1.807) is 36.4 Å². The number of likely N-dealkylation sites (tertiary alicyclic amines) is 1. The second kappa shape index (κ2) is 6.13. The fourth-order valence-electron chi connectivity index (χ4n) is 3.21. The molecule has 2 N–H and O–H groups in total. The predicted molar refractivity (Wildman–Crippen MR) is 86.8 cm³/mol. The zero-order valence-electron chi connectivity index (χ0n) is 13.2. The number of benzene rings is 2. The van der Waals surface area contributed by atoms with E-state index in [4.69, 9.17) is 11.0 Å². The van der Waals surface area contributed by atoms with E-state index in [1.807, 2.05) is 6.07 Å². The van der Waals surface area contributed by atoms with E-state index in [1.165, 1.54) is 0 Å². The van der Waals surface area contributed by atoms with Crippen molar-refractivity contribution in [1.82, 2.24) is 4.90 Å². The lowest BCUT2D eigenvalue weighted by molar-refractivity contribution is -0.131. The molecule has 1 saturated heterocycles. The number of halogens is 2. The van der Waals surface area contributed by atoms with Crippen LogP contribution >= 0.6 is 0 Å². The molecule has 3 rings (SSSR count). The molecule has 1 fully saturated rings. The van der Waals surface area contributed by atoms with Crippen LogP contribution in [0.5, 0.6) is 0 Å². The van der Waals surface area contributed by atoms with E-state index in [-0.39, 0.29) is 12.0 Å². The van der Waals surface area contributed by atoms with E-state index in [9.17, 15) is 18.4 Å². The van der Waals surface area contributed by atoms with Crippen molar-refractivity contribution in [2.75, 3.05) is 6.54 Å². The molecule has 1 atom stereocenters. The highest BCUT2D eigenvalue weighted by Gasteiger charge is 2.47. The van der Waals surface area contributed by atoms with Gasteiger partial charge in [0.25, 0.3) is 5.92 Å². The number of nitrogens with zero attached hydrogens (tertiary/aromatic N) is 2. The smallest absolute Gasteiger partial charge is 0.268 e. The van der Waals surface area contributed by atoms with Crippen molar-refractivity contribution in [2.24, 2.45) is 5.73 Å². The van der Waals surface area contributed by atoms with Crippen LogP contribution in [-0.2, 0) is 11.2 Å². The third-order valence-corrected chi connectivity index (χ3v) is 4.34. The minimum Gasteiger partial charge on any atom is -0.366 e. The molecule has 0 saturated carbocycles. The molecule has 25 heavy (non-hydrogen) atoms. The van der Waals surface area contributed by atoms with Crippen molar-refractivity contribution >= 4 is 22.6 Å². The summed E-state index contributed by atoms with van der Waals surface area (Å²) in [5, 5.41) is 10.4. The van der Waals surface area contributed by atoms with Gasteiger partial charge in [0.2, 0.25) is 11.8 Å². The van der Waals surface area contributed by atoms with Crippen LogP contribution in [0, 0.1) is 11.3 Å². The first-order valence-electron chi connectivity index (χ1n) is 7.70. The first kappa shape index (κ1) is 16.8. The Hall–Kier alpha value is -3.01. The highest BCUT2D eigenvalue weighted by molar-refractivity contribution is 6.08. The van der Waals surface area contributed by atoms with Crippen LogP contribution in [0.1, 0.15) is 22.3 Å². The quantitative estimate of drug-likeness (QED) is 0.927. The number of rotatable bonds is 3. The van der Waals surface area contributed by atoms with Crippen LogP contribution < -0.4 is 5.73 Å². The summed E-state index contributed by atoms with van der Waals surface area (Å²) in [5.41, 5.74) is 6.03. The SMILES string of the molecule is N#C[C@@H]1CC(F)(F)CN1C(=O)Cc1ccc2ccccc2c1C(N)=O. The van der Waals surface area contributed by atoms with Gasteiger partial charge in [-0.25, -0.2) is 8.78 Å². The maximum absolute atomic E-state index is 13.5. The normalized spacial score (nSPS) is 18.9. The fourth-order valence-corrected chi connectivity index (χ4v) is 3.21. The molecule has 0 spiro atoms. The van der Waals surface area contributed by atoms with E-state index in [0.29, 0.717) is 10.9 Å². The van der Waals surface area contributed by atoms with Gasteiger partial charge in [-0.15, -0.1) is 0 Å². The molecule has 0 bridgehead atoms. The zero-order chi connectivity index (χ0) is 18.2. The number of fused-ring (bicyclic) bond motifs is 1. The standard InChI is InChI=1S/C18H15F2N3O2/c19-18(20)8-13(9-21)23(10-18)15(24)7-12-6-5-11-3-1-2-4-14(11)16(12)17(22)25/h1-6,13H,7-8,10H2,(H2,22,25)/t13-/m0/s1. The van der Waals surface area contributed by atoms with E-state index in [0.717, 1.165) is 10.3 Å². The first-order valence-corrected chi connectivity index (χ1v) is 7.70. The van der Waals surface area contributed by atoms with Gasteiger partial charge < -0.3 is 10.6 Å². The Balaban J connectivity index is 1.95. The Bertz CT molecular complexity index is 905. The predicted octanol–water partition coefficient (Wildman–Crippen LogP) is 2.24. The van der Waals surface area contributed by atoms with Gasteiger partial charge in [0.15, 0.2) is 0 Å². The summed E-state index contributed by atoms with van der Waals surface area (Å²) in [6, 6.07) is 11.0. The maximum atomic E-state index is 13.5. The van der Waals surface area contributed by atoms with Gasteiger partial charge in [-0.2, -0.15) is 5.26 Å². The van der Waals surface area contributed by atoms with Crippen LogP contribution in [0.15, 0.2) is 36.4 Å². The lowest BCUT2D eigenvalue weighted by atomic mass is 9.96. The van der Waals surface area contributed by atoms with Gasteiger partial charge in [-0.05, 0) is 16.3 Å². The molecule has 5 nitrogen and oxygen atoms in total. The van der Waals surface area contributed by atoms with Gasteiger partial charge in [0.1, 0.15) is 6.04 Å². The molecule has 0 aromatic heterocycles. The Morgan fingerprint density at radius 3 is 2.68 bits per heavy atom. The van der Waals surface area contributed by atoms with Crippen LogP contribution in [0.3, 0.4) is 0 Å². The molecule has 128 valence electrons. The summed E-state index contributed by atoms with van der Waals surface area (Å²) in [7, 11) is 0. The molecular formula is C18H15F2N3O2. The summed E-state index contributed by atoms with van der Waals surface area (Å²) in [6.07, 6.45) is -0.937. The number of hydrogen-bond acceptors (Lipinski definition) is 3. The number of alkyl halides is 2. The number of amides is 2. The summed E-state index contributed by atoms with van der Waals surface area (Å²) in [5.74, 6) is -4.39. The molecule has 1 aliphatic heterocycles. The van der Waals surface area contributed by atoms with Crippen LogP contribution in [-0.4, -0.2) is 35.2 Å². The summed E-state index contributed by atoms with van der Waals surface area (Å²) in [4.78, 5) is 25.2. The van der Waals surface area contributed by atoms with Gasteiger partial charge in [0, 0.05) is 6.42 Å². The molecular weight excluding hydrogens is 328 g/mol. The number of primary amides is 1. The fraction of sp³-hybridized carbons (Fsp3) is 0.278. The molecule has 0 unspecified atom stereocenters. The Kier molecular flexibility index (Phi) is 4.13. The minimum absolute atomic E-state index is 0.200. The Morgan fingerprint density at radius 1 is 1.28 bits per heavy atom. The number of hydrogen-bond donors (Lipinski definition) is 1. The molecule has 2 aromatic rings. The minimum atomic E-state index is -3.08. The summed E-state index contributed by atoms with van der Waals surface area (Å²) in [6.45, 7) is -0.788. The van der Waals surface area contributed by atoms with Crippen molar-refractivity contribution in [3.8, 4) is 6.07 Å². The molecule has 0 radical (unpaired) electrons. The van der Waals surface area contributed by atoms with Gasteiger partial charge in [0.05, 0.1) is 24.6 Å². The number of carbonyl (C=O) groups is 2. The summed E-state index contributed by atoms with van der Waals surface area (Å²) < 4.78 is 27.1. The molecule has 0 aliphatic carbocycles. The van der Waals surface area contributed by atoms with Crippen LogP contribution in [0.4, 0.5) is 8.78 Å². The largest absolute Gasteiger partial charge is 0.366 e. The molecule has 7 heteroatoms. The average Bonchev–Trinajstić information content (AvgIpc) is 2.89. The first-order chi connectivity index (χ1) is 11.8. The van der Waals surface area contributed by atoms with Gasteiger partial charge >= 0.3 is 0 Å². The Labute approximate surface area is 142 Å². The van der Waals surface area contributed by atoms with Gasteiger partial charge in [-0.3, -0.25) is 9.59 Å². The maximum Gasteiger partial charge on any atom is 0.268 e. The van der Waals surface area contributed by atoms with E-state index < -0.39 is 36.7 Å². The average molecular weight is 343 g/mol. The van der Waals surface area contributed by atoms with Crippen molar-refractivity contribution in [3.63, 3.8) is 0 Å². The lowest BCUT2D eigenvalue weighted by Crippen LogP contribution is -2.37. The third-order valence-electron chi connectivity index (χ3n) is 4.34. The second-order valence-corrected chi connectivity index (χ2v) is 6.09. The highest BCUT2D eigenvalue weighted by Crippen LogP contribution is 2.32. The van der Waals surface area contributed by atoms with Gasteiger partial charge in [-0.1, -0.05) is 36.4 Å².